The van der Waals surface area contributed by atoms with Crippen molar-refractivity contribution in [1.29, 1.82) is 0 Å². The number of aromatic nitrogens is 1. The number of likely N-dealkylation sites (N-methyl/N-ethyl adjacent to an activating group) is 2. The van der Waals surface area contributed by atoms with E-state index in [4.69, 9.17) is 4.74 Å². The van der Waals surface area contributed by atoms with E-state index in [9.17, 15) is 9.90 Å². The summed E-state index contributed by atoms with van der Waals surface area (Å²) in [7, 11) is 2.23. The van der Waals surface area contributed by atoms with Gasteiger partial charge in [0.2, 0.25) is 0 Å². The van der Waals surface area contributed by atoms with E-state index in [1.165, 1.54) is 60.1 Å². The number of hydrogen-bond donors (Lipinski definition) is 1. The van der Waals surface area contributed by atoms with Crippen LogP contribution in [0.25, 0.3) is 0 Å². The van der Waals surface area contributed by atoms with Crippen molar-refractivity contribution in [1.82, 2.24) is 9.88 Å². The van der Waals surface area contributed by atoms with Crippen molar-refractivity contribution < 1.29 is 14.6 Å². The summed E-state index contributed by atoms with van der Waals surface area (Å²) in [4.78, 5) is 21.1. The zero-order chi connectivity index (χ0) is 29.6. The van der Waals surface area contributed by atoms with Crippen molar-refractivity contribution in [3.05, 3.63) is 94.0 Å². The van der Waals surface area contributed by atoms with Gasteiger partial charge in [-0.2, -0.15) is 0 Å². The number of aromatic carboxylic acids is 1. The highest BCUT2D eigenvalue weighted by atomic mass is 16.5. The fourth-order valence-corrected chi connectivity index (χ4v) is 7.06. The Morgan fingerprint density at radius 2 is 2.00 bits per heavy atom. The first-order valence-electron chi connectivity index (χ1n) is 15.9. The minimum absolute atomic E-state index is 0.00951. The van der Waals surface area contributed by atoms with Crippen LogP contribution in [0, 0.1) is 5.92 Å². The number of rotatable bonds is 11. The molecule has 6 heteroatoms. The molecule has 0 radical (unpaired) electrons. The van der Waals surface area contributed by atoms with Gasteiger partial charge in [-0.1, -0.05) is 50.5 Å². The number of fused-ring (bicyclic) bond motifs is 1. The Labute approximate surface area is 251 Å². The highest BCUT2D eigenvalue weighted by Gasteiger charge is 2.34. The highest BCUT2D eigenvalue weighted by Crippen LogP contribution is 2.45. The van der Waals surface area contributed by atoms with E-state index >= 15 is 0 Å². The van der Waals surface area contributed by atoms with Crippen LogP contribution in [0.15, 0.2) is 77.3 Å². The number of carbonyl (C=O) groups is 1. The van der Waals surface area contributed by atoms with E-state index in [1.807, 2.05) is 24.4 Å². The van der Waals surface area contributed by atoms with Crippen LogP contribution < -0.4 is 4.90 Å². The summed E-state index contributed by atoms with van der Waals surface area (Å²) in [6.45, 7) is 9.11. The Kier molecular flexibility index (Phi) is 9.96. The van der Waals surface area contributed by atoms with Crippen LogP contribution in [0.4, 0.5) is 5.69 Å². The summed E-state index contributed by atoms with van der Waals surface area (Å²) in [6, 6.07) is 9.97. The normalized spacial score (nSPS) is 20.3. The van der Waals surface area contributed by atoms with Crippen LogP contribution >= 0.6 is 0 Å². The molecule has 0 saturated heterocycles. The lowest BCUT2D eigenvalue weighted by Gasteiger charge is -2.42. The molecule has 1 aromatic carbocycles. The number of allylic oxidation sites excluding steroid dienone is 2. The van der Waals surface area contributed by atoms with Crippen molar-refractivity contribution in [3.8, 4) is 0 Å². The van der Waals surface area contributed by atoms with Gasteiger partial charge in [-0.15, -0.1) is 0 Å². The number of carboxylic acids is 1. The van der Waals surface area contributed by atoms with E-state index in [2.05, 4.69) is 60.8 Å². The molecule has 5 rings (SSSR count). The molecule has 2 atom stereocenters. The lowest BCUT2D eigenvalue weighted by molar-refractivity contribution is 0.0682. The van der Waals surface area contributed by atoms with Gasteiger partial charge in [-0.05, 0) is 105 Å². The largest absolute Gasteiger partial charge is 0.478 e. The molecule has 6 nitrogen and oxygen atoms in total. The van der Waals surface area contributed by atoms with Gasteiger partial charge in [0.15, 0.2) is 0 Å². The Hall–Kier alpha value is -3.22. The van der Waals surface area contributed by atoms with Gasteiger partial charge in [-0.25, -0.2) is 4.79 Å². The van der Waals surface area contributed by atoms with E-state index in [0.717, 1.165) is 43.6 Å². The second-order valence-electron chi connectivity index (χ2n) is 12.1. The fourth-order valence-electron chi connectivity index (χ4n) is 7.06. The zero-order valence-electron chi connectivity index (χ0n) is 25.8. The van der Waals surface area contributed by atoms with Crippen molar-refractivity contribution in [2.24, 2.45) is 5.92 Å². The summed E-state index contributed by atoms with van der Waals surface area (Å²) < 4.78 is 6.45. The van der Waals surface area contributed by atoms with E-state index in [0.29, 0.717) is 18.1 Å². The van der Waals surface area contributed by atoms with Crippen LogP contribution in [0.1, 0.15) is 87.2 Å². The Morgan fingerprint density at radius 1 is 1.19 bits per heavy atom. The van der Waals surface area contributed by atoms with Gasteiger partial charge in [0.25, 0.3) is 0 Å². The van der Waals surface area contributed by atoms with Gasteiger partial charge in [0, 0.05) is 42.8 Å². The Balaban J connectivity index is 1.60. The predicted molar refractivity (Wildman–Crippen MR) is 170 cm³/mol. The first-order chi connectivity index (χ1) is 20.4. The summed E-state index contributed by atoms with van der Waals surface area (Å²) in [5.74, 6) is -0.321. The molecule has 1 N–H and O–H groups in total. The van der Waals surface area contributed by atoms with Gasteiger partial charge in [-0.3, -0.25) is 9.88 Å². The first kappa shape index (κ1) is 30.2. The molecule has 2 heterocycles. The molecular formula is C36H47N3O3. The number of nitrogens with zero attached hydrogens (tertiary/aromatic N) is 3. The van der Waals surface area contributed by atoms with Gasteiger partial charge in [0.1, 0.15) is 0 Å². The quantitative estimate of drug-likeness (QED) is 0.301. The standard InChI is InChI=1S/C36H47N3O3/c1-5-19-38(4)25(3)32-22-30(42-24-26-11-10-18-37-23-26)16-17-31(32)35-33(27-12-8-7-9-13-27)20-28-14-15-29(36(40)41)21-34(28)39(35)6-2/h10-11,14-18,21,23,25,27,30H,5-9,12-13,19-20,22,24H2,1-4H3,(H,40,41)/t25?,30-/m1/s1. The third-order valence-corrected chi connectivity index (χ3v) is 9.42. The minimum Gasteiger partial charge on any atom is -0.478 e. The van der Waals surface area contributed by atoms with E-state index in [-0.39, 0.29) is 12.1 Å². The first-order valence-corrected chi connectivity index (χ1v) is 15.9. The summed E-state index contributed by atoms with van der Waals surface area (Å²) in [5.41, 5.74) is 9.26. The number of hydrogen-bond acceptors (Lipinski definition) is 5. The lowest BCUT2D eigenvalue weighted by atomic mass is 9.76. The monoisotopic (exact) mass is 569 g/mol. The molecule has 2 aliphatic carbocycles. The summed E-state index contributed by atoms with van der Waals surface area (Å²) in [6.07, 6.45) is 17.4. The summed E-state index contributed by atoms with van der Waals surface area (Å²) >= 11 is 0. The third-order valence-electron chi connectivity index (χ3n) is 9.42. The molecule has 3 aliphatic rings. The molecule has 1 unspecified atom stereocenters. The molecule has 0 bridgehead atoms. The van der Waals surface area contributed by atoms with Crippen LogP contribution in [-0.4, -0.2) is 53.2 Å². The molecule has 0 amide bonds. The molecule has 1 fully saturated rings. The summed E-state index contributed by atoms with van der Waals surface area (Å²) in [5, 5.41) is 9.83. The number of carboxylic acid groups (broad SMARTS) is 1. The van der Waals surface area contributed by atoms with Gasteiger partial charge >= 0.3 is 5.97 Å². The van der Waals surface area contributed by atoms with Gasteiger partial charge < -0.3 is 14.7 Å². The SMILES string of the molecule is CCCN(C)C(C)C1=C(C2=C(C3CCCCC3)Cc3ccc(C(=O)O)cc3N2CC)C=C[C@@H](OCc2cccnc2)C1. The second kappa shape index (κ2) is 13.8. The maximum absolute atomic E-state index is 12.0. The maximum Gasteiger partial charge on any atom is 0.335 e. The topological polar surface area (TPSA) is 65.9 Å². The van der Waals surface area contributed by atoms with Crippen LogP contribution in [0.5, 0.6) is 0 Å². The smallest absolute Gasteiger partial charge is 0.335 e. The third kappa shape index (κ3) is 6.55. The van der Waals surface area contributed by atoms with Crippen molar-refractivity contribution in [2.45, 2.75) is 90.9 Å². The second-order valence-corrected chi connectivity index (χ2v) is 12.1. The Morgan fingerprint density at radius 3 is 2.69 bits per heavy atom. The van der Waals surface area contributed by atoms with E-state index in [1.54, 1.807) is 12.3 Å². The minimum atomic E-state index is -0.877. The van der Waals surface area contributed by atoms with Crippen molar-refractivity contribution in [3.63, 3.8) is 0 Å². The predicted octanol–water partition coefficient (Wildman–Crippen LogP) is 7.57. The average molecular weight is 570 g/mol. The molecule has 1 aromatic heterocycles. The van der Waals surface area contributed by atoms with Crippen LogP contribution in [0.3, 0.4) is 0 Å². The molecule has 224 valence electrons. The Bertz CT molecular complexity index is 1340. The fraction of sp³-hybridized carbons (Fsp3) is 0.500. The van der Waals surface area contributed by atoms with Crippen molar-refractivity contribution >= 4 is 11.7 Å². The van der Waals surface area contributed by atoms with E-state index < -0.39 is 5.97 Å². The molecular weight excluding hydrogens is 522 g/mol. The molecule has 0 spiro atoms. The maximum atomic E-state index is 12.0. The van der Waals surface area contributed by atoms with Gasteiger partial charge in [0.05, 0.1) is 18.3 Å². The molecule has 1 saturated carbocycles. The van der Waals surface area contributed by atoms with Crippen LogP contribution in [-0.2, 0) is 17.8 Å². The number of ether oxygens (including phenoxy) is 1. The molecule has 1 aliphatic heterocycles. The number of pyridine rings is 1. The molecule has 2 aromatic rings. The van der Waals surface area contributed by atoms with Crippen molar-refractivity contribution in [2.75, 3.05) is 25.0 Å². The lowest BCUT2D eigenvalue weighted by Crippen LogP contribution is -2.37. The zero-order valence-corrected chi connectivity index (χ0v) is 25.8. The van der Waals surface area contributed by atoms with Crippen LogP contribution in [0.2, 0.25) is 0 Å². The average Bonchev–Trinajstić information content (AvgIpc) is 3.03. The number of benzene rings is 1. The highest BCUT2D eigenvalue weighted by molar-refractivity contribution is 5.90. The molecule has 42 heavy (non-hydrogen) atoms. The number of anilines is 1.